The molecule has 1 atom stereocenters. The Kier molecular flexibility index (Phi) is 5.90. The first kappa shape index (κ1) is 18.0. The van der Waals surface area contributed by atoms with Crippen LogP contribution in [0.5, 0.6) is 0 Å². The number of carbonyl (C=O) groups is 1. The topological polar surface area (TPSA) is 50.6 Å². The van der Waals surface area contributed by atoms with E-state index in [0.717, 1.165) is 84.5 Å². The second-order valence-electron chi connectivity index (χ2n) is 8.17. The highest BCUT2D eigenvalue weighted by molar-refractivity contribution is 5.79. The summed E-state index contributed by atoms with van der Waals surface area (Å²) < 4.78 is 7.52. The summed E-state index contributed by atoms with van der Waals surface area (Å²) in [6.07, 6.45) is 10.5. The Labute approximate surface area is 156 Å². The van der Waals surface area contributed by atoms with E-state index in [1.54, 1.807) is 0 Å². The Morgan fingerprint density at radius 3 is 2.62 bits per heavy atom. The number of hydrogen-bond acceptors (Lipinski definition) is 4. The molecule has 1 amide bonds. The zero-order valence-electron chi connectivity index (χ0n) is 15.8. The molecule has 3 aliphatic heterocycles. The predicted molar refractivity (Wildman–Crippen MR) is 99.7 cm³/mol. The minimum absolute atomic E-state index is 0.203. The van der Waals surface area contributed by atoms with Gasteiger partial charge in [0.2, 0.25) is 5.91 Å². The van der Waals surface area contributed by atoms with Crippen molar-refractivity contribution in [1.29, 1.82) is 0 Å². The van der Waals surface area contributed by atoms with Gasteiger partial charge in [-0.15, -0.1) is 0 Å². The van der Waals surface area contributed by atoms with E-state index in [-0.39, 0.29) is 5.92 Å². The van der Waals surface area contributed by atoms with Gasteiger partial charge in [0.1, 0.15) is 0 Å². The first-order chi connectivity index (χ1) is 12.8. The van der Waals surface area contributed by atoms with Crippen LogP contribution in [-0.2, 0) is 16.1 Å². The average molecular weight is 361 g/mol. The van der Waals surface area contributed by atoms with Crippen molar-refractivity contribution in [3.8, 4) is 0 Å². The van der Waals surface area contributed by atoms with Crippen molar-refractivity contribution in [3.05, 3.63) is 18.5 Å². The SMILES string of the molecule is O=C(C1CCCN(C2CCOCC2)C1)N1CCC(Cn2cccn2)CC1. The summed E-state index contributed by atoms with van der Waals surface area (Å²) in [5.41, 5.74) is 0. The summed E-state index contributed by atoms with van der Waals surface area (Å²) in [6.45, 7) is 6.68. The fourth-order valence-corrected chi connectivity index (χ4v) is 4.86. The van der Waals surface area contributed by atoms with Crippen LogP contribution in [0, 0.1) is 11.8 Å². The summed E-state index contributed by atoms with van der Waals surface area (Å²) in [5.74, 6) is 1.25. The molecule has 1 aromatic heterocycles. The van der Waals surface area contributed by atoms with E-state index in [1.807, 2.05) is 23.1 Å². The lowest BCUT2D eigenvalue weighted by Crippen LogP contribution is -2.50. The number of amides is 1. The van der Waals surface area contributed by atoms with Crippen LogP contribution >= 0.6 is 0 Å². The lowest BCUT2D eigenvalue weighted by molar-refractivity contribution is -0.139. The number of aromatic nitrogens is 2. The van der Waals surface area contributed by atoms with Crippen LogP contribution in [0.4, 0.5) is 0 Å². The van der Waals surface area contributed by atoms with E-state index in [1.165, 1.54) is 0 Å². The molecule has 3 fully saturated rings. The smallest absolute Gasteiger partial charge is 0.226 e. The third-order valence-electron chi connectivity index (χ3n) is 6.44. The molecule has 0 aromatic carbocycles. The molecule has 3 saturated heterocycles. The van der Waals surface area contributed by atoms with E-state index >= 15 is 0 Å². The van der Waals surface area contributed by atoms with E-state index < -0.39 is 0 Å². The molecule has 0 bridgehead atoms. The van der Waals surface area contributed by atoms with E-state index in [0.29, 0.717) is 17.9 Å². The highest BCUT2D eigenvalue weighted by Gasteiger charge is 2.34. The van der Waals surface area contributed by atoms with Gasteiger partial charge in [0, 0.05) is 57.8 Å². The molecule has 0 radical (unpaired) electrons. The molecule has 1 aromatic rings. The predicted octanol–water partition coefficient (Wildman–Crippen LogP) is 2.01. The number of likely N-dealkylation sites (tertiary alicyclic amines) is 2. The van der Waals surface area contributed by atoms with Gasteiger partial charge >= 0.3 is 0 Å². The Morgan fingerprint density at radius 2 is 1.88 bits per heavy atom. The van der Waals surface area contributed by atoms with Gasteiger partial charge in [0.05, 0.1) is 5.92 Å². The number of carbonyl (C=O) groups excluding carboxylic acids is 1. The van der Waals surface area contributed by atoms with Crippen molar-refractivity contribution in [2.45, 2.75) is 51.1 Å². The van der Waals surface area contributed by atoms with Gasteiger partial charge in [-0.2, -0.15) is 5.10 Å². The highest BCUT2D eigenvalue weighted by atomic mass is 16.5. The summed E-state index contributed by atoms with van der Waals surface area (Å²) in [4.78, 5) is 17.8. The fourth-order valence-electron chi connectivity index (χ4n) is 4.86. The third kappa shape index (κ3) is 4.29. The Balaban J connectivity index is 1.26. The van der Waals surface area contributed by atoms with E-state index in [2.05, 4.69) is 14.9 Å². The molecule has 0 aliphatic carbocycles. The van der Waals surface area contributed by atoms with Crippen molar-refractivity contribution < 1.29 is 9.53 Å². The van der Waals surface area contributed by atoms with Crippen molar-refractivity contribution in [3.63, 3.8) is 0 Å². The number of hydrogen-bond donors (Lipinski definition) is 0. The van der Waals surface area contributed by atoms with Gasteiger partial charge < -0.3 is 9.64 Å². The number of rotatable bonds is 4. The van der Waals surface area contributed by atoms with Crippen LogP contribution < -0.4 is 0 Å². The molecular weight excluding hydrogens is 328 g/mol. The molecule has 26 heavy (non-hydrogen) atoms. The lowest BCUT2D eigenvalue weighted by atomic mass is 9.91. The molecule has 0 saturated carbocycles. The summed E-state index contributed by atoms with van der Waals surface area (Å²) in [5, 5.41) is 4.31. The van der Waals surface area contributed by atoms with Crippen LogP contribution in [0.1, 0.15) is 38.5 Å². The van der Waals surface area contributed by atoms with Crippen LogP contribution in [-0.4, -0.2) is 70.9 Å². The van der Waals surface area contributed by atoms with E-state index in [4.69, 9.17) is 4.74 Å². The fraction of sp³-hybridized carbons (Fsp3) is 0.800. The standard InChI is InChI=1S/C20H32N4O2/c25-20(18-3-1-9-23(16-18)19-6-13-26-14-7-19)22-11-4-17(5-12-22)15-24-10-2-8-21-24/h2,8,10,17-19H,1,3-7,9,11-16H2. The monoisotopic (exact) mass is 360 g/mol. The molecule has 1 unspecified atom stereocenters. The first-order valence-electron chi connectivity index (χ1n) is 10.4. The molecule has 0 N–H and O–H groups in total. The van der Waals surface area contributed by atoms with E-state index in [9.17, 15) is 4.79 Å². The van der Waals surface area contributed by atoms with Crippen molar-refractivity contribution >= 4 is 5.91 Å². The number of nitrogens with zero attached hydrogens (tertiary/aromatic N) is 4. The Bertz CT molecular complexity index is 562. The molecule has 4 rings (SSSR count). The maximum absolute atomic E-state index is 13.1. The Hall–Kier alpha value is -1.40. The van der Waals surface area contributed by atoms with Gasteiger partial charge in [-0.05, 0) is 57.1 Å². The van der Waals surface area contributed by atoms with Gasteiger partial charge in [0.15, 0.2) is 0 Å². The van der Waals surface area contributed by atoms with Crippen LogP contribution in [0.15, 0.2) is 18.5 Å². The second-order valence-corrected chi connectivity index (χ2v) is 8.17. The minimum Gasteiger partial charge on any atom is -0.381 e. The van der Waals surface area contributed by atoms with Crippen molar-refractivity contribution in [2.75, 3.05) is 39.4 Å². The molecule has 0 spiro atoms. The maximum Gasteiger partial charge on any atom is 0.226 e. The number of ether oxygens (including phenoxy) is 1. The quantitative estimate of drug-likeness (QED) is 0.824. The van der Waals surface area contributed by atoms with Crippen LogP contribution in [0.2, 0.25) is 0 Å². The molecular formula is C20H32N4O2. The van der Waals surface area contributed by atoms with Gasteiger partial charge in [-0.1, -0.05) is 0 Å². The molecule has 3 aliphatic rings. The average Bonchev–Trinajstić information content (AvgIpc) is 3.22. The zero-order chi connectivity index (χ0) is 17.8. The maximum atomic E-state index is 13.1. The molecule has 4 heterocycles. The minimum atomic E-state index is 0.203. The second kappa shape index (κ2) is 8.53. The third-order valence-corrected chi connectivity index (χ3v) is 6.44. The van der Waals surface area contributed by atoms with Gasteiger partial charge in [0.25, 0.3) is 0 Å². The normalized spacial score (nSPS) is 26.9. The van der Waals surface area contributed by atoms with Gasteiger partial charge in [-0.25, -0.2) is 0 Å². The molecule has 6 nitrogen and oxygen atoms in total. The van der Waals surface area contributed by atoms with Crippen molar-refractivity contribution in [2.24, 2.45) is 11.8 Å². The van der Waals surface area contributed by atoms with Gasteiger partial charge in [-0.3, -0.25) is 14.4 Å². The summed E-state index contributed by atoms with van der Waals surface area (Å²) >= 11 is 0. The molecule has 144 valence electrons. The summed E-state index contributed by atoms with van der Waals surface area (Å²) in [6, 6.07) is 2.60. The number of piperidine rings is 2. The van der Waals surface area contributed by atoms with Crippen molar-refractivity contribution in [1.82, 2.24) is 19.6 Å². The summed E-state index contributed by atoms with van der Waals surface area (Å²) in [7, 11) is 0. The van der Waals surface area contributed by atoms with Crippen LogP contribution in [0.3, 0.4) is 0 Å². The molecule has 6 heteroatoms. The highest BCUT2D eigenvalue weighted by Crippen LogP contribution is 2.26. The Morgan fingerprint density at radius 1 is 1.08 bits per heavy atom. The lowest BCUT2D eigenvalue weighted by Gasteiger charge is -2.41. The first-order valence-corrected chi connectivity index (χ1v) is 10.4. The van der Waals surface area contributed by atoms with Crippen LogP contribution in [0.25, 0.3) is 0 Å². The zero-order valence-corrected chi connectivity index (χ0v) is 15.8. The largest absolute Gasteiger partial charge is 0.381 e.